The number of rotatable bonds is 2. The van der Waals surface area contributed by atoms with Gasteiger partial charge in [-0.25, -0.2) is 0 Å². The van der Waals surface area contributed by atoms with E-state index in [1.165, 1.54) is 111 Å². The van der Waals surface area contributed by atoms with Crippen LogP contribution in [0.2, 0.25) is 0 Å². The van der Waals surface area contributed by atoms with E-state index < -0.39 is 0 Å². The van der Waals surface area contributed by atoms with E-state index in [1.54, 1.807) is 0 Å². The van der Waals surface area contributed by atoms with Crippen molar-refractivity contribution in [2.45, 2.75) is 98.5 Å². The molecule has 8 atom stereocenters. The van der Waals surface area contributed by atoms with Crippen LogP contribution >= 0.6 is 43.6 Å². The predicted octanol–water partition coefficient (Wildman–Crippen LogP) is 8.59. The monoisotopic (exact) mass is 564 g/mol. The molecule has 5 heteroatoms. The second-order valence-electron chi connectivity index (χ2n) is 10.8. The highest BCUT2D eigenvalue weighted by Crippen LogP contribution is 2.53. The Bertz CT molecular complexity index is 857. The van der Waals surface area contributed by atoms with Crippen molar-refractivity contribution >= 4 is 54.6 Å². The summed E-state index contributed by atoms with van der Waals surface area (Å²) < 4.78 is 9.87. The smallest absolute Gasteiger partial charge is 0.108 e. The first-order chi connectivity index (χ1) is 15.2. The molecule has 0 spiro atoms. The number of hydrogen-bond acceptors (Lipinski definition) is 3. The number of aromatic nitrogens is 2. The SMILES string of the molecule is BrC1CCCC2C(c3ccc(C4CCCC5C(Br)CCCC45)c4nsnc34)CCCC12. The minimum atomic E-state index is 0.681. The fourth-order valence-corrected chi connectivity index (χ4v) is 10.7. The van der Waals surface area contributed by atoms with Crippen LogP contribution in [-0.2, 0) is 0 Å². The van der Waals surface area contributed by atoms with Gasteiger partial charge in [-0.1, -0.05) is 69.7 Å². The Morgan fingerprint density at radius 2 is 1.00 bits per heavy atom. The molecule has 2 aromatic rings. The molecule has 168 valence electrons. The summed E-state index contributed by atoms with van der Waals surface area (Å²) in [6.45, 7) is 0. The van der Waals surface area contributed by atoms with E-state index in [2.05, 4.69) is 44.0 Å². The fourth-order valence-electron chi connectivity index (χ4n) is 8.13. The van der Waals surface area contributed by atoms with Crippen molar-refractivity contribution in [1.82, 2.24) is 8.75 Å². The first-order valence-corrected chi connectivity index (χ1v) is 15.3. The average molecular weight is 566 g/mol. The maximum Gasteiger partial charge on any atom is 0.108 e. The molecular formula is C26H34Br2N2S. The molecule has 4 fully saturated rings. The maximum atomic E-state index is 4.93. The van der Waals surface area contributed by atoms with Gasteiger partial charge in [0.25, 0.3) is 0 Å². The van der Waals surface area contributed by atoms with E-state index in [1.807, 2.05) is 0 Å². The van der Waals surface area contributed by atoms with Crippen molar-refractivity contribution in [2.24, 2.45) is 23.7 Å². The third-order valence-corrected chi connectivity index (χ3v) is 12.3. The Morgan fingerprint density at radius 3 is 1.48 bits per heavy atom. The fraction of sp³-hybridized carbons (Fsp3) is 0.769. The van der Waals surface area contributed by atoms with Crippen LogP contribution in [0.3, 0.4) is 0 Å². The van der Waals surface area contributed by atoms with E-state index >= 15 is 0 Å². The topological polar surface area (TPSA) is 25.8 Å². The summed E-state index contributed by atoms with van der Waals surface area (Å²) in [4.78, 5) is 1.44. The Morgan fingerprint density at radius 1 is 0.581 bits per heavy atom. The van der Waals surface area contributed by atoms with Gasteiger partial charge in [0.05, 0.1) is 11.7 Å². The van der Waals surface area contributed by atoms with Crippen molar-refractivity contribution in [3.05, 3.63) is 23.3 Å². The van der Waals surface area contributed by atoms with Gasteiger partial charge in [-0.2, -0.15) is 8.75 Å². The maximum absolute atomic E-state index is 4.93. The number of hydrogen-bond donors (Lipinski definition) is 0. The summed E-state index contributed by atoms with van der Waals surface area (Å²) in [7, 11) is 0. The zero-order chi connectivity index (χ0) is 20.9. The molecule has 4 aliphatic rings. The van der Waals surface area contributed by atoms with Gasteiger partial charge in [-0.05, 0) is 98.0 Å². The van der Waals surface area contributed by atoms with Crippen LogP contribution in [0.5, 0.6) is 0 Å². The molecule has 8 unspecified atom stereocenters. The quantitative estimate of drug-likeness (QED) is 0.341. The zero-order valence-corrected chi connectivity index (χ0v) is 22.3. The Balaban J connectivity index is 1.36. The normalized spacial score (nSPS) is 41.0. The van der Waals surface area contributed by atoms with Crippen molar-refractivity contribution in [2.75, 3.05) is 0 Å². The highest BCUT2D eigenvalue weighted by atomic mass is 79.9. The first-order valence-electron chi connectivity index (χ1n) is 12.8. The molecule has 2 nitrogen and oxygen atoms in total. The summed E-state index contributed by atoms with van der Waals surface area (Å²) >= 11 is 9.54. The largest absolute Gasteiger partial charge is 0.173 e. The van der Waals surface area contributed by atoms with Crippen LogP contribution in [0.25, 0.3) is 11.0 Å². The molecule has 1 aromatic carbocycles. The van der Waals surface area contributed by atoms with Crippen LogP contribution in [0.15, 0.2) is 12.1 Å². The van der Waals surface area contributed by atoms with Gasteiger partial charge in [0.1, 0.15) is 11.0 Å². The molecule has 0 N–H and O–H groups in total. The van der Waals surface area contributed by atoms with Gasteiger partial charge in [-0.3, -0.25) is 0 Å². The zero-order valence-electron chi connectivity index (χ0n) is 18.3. The van der Waals surface area contributed by atoms with Gasteiger partial charge < -0.3 is 0 Å². The van der Waals surface area contributed by atoms with E-state index in [0.717, 1.165) is 33.3 Å². The van der Waals surface area contributed by atoms with E-state index in [9.17, 15) is 0 Å². The molecular weight excluding hydrogens is 532 g/mol. The van der Waals surface area contributed by atoms with Gasteiger partial charge in [0.2, 0.25) is 0 Å². The molecule has 0 aliphatic heterocycles. The Hall–Kier alpha value is -0.0000000000000000555. The van der Waals surface area contributed by atoms with Gasteiger partial charge >= 0.3 is 0 Å². The highest BCUT2D eigenvalue weighted by Gasteiger charge is 2.42. The Kier molecular flexibility index (Phi) is 6.24. The lowest BCUT2D eigenvalue weighted by Crippen LogP contribution is -2.36. The molecule has 0 saturated heterocycles. The summed E-state index contributed by atoms with van der Waals surface area (Å²) in [6, 6.07) is 5.00. The Labute approximate surface area is 207 Å². The number of halogens is 2. The second kappa shape index (κ2) is 8.98. The number of nitrogens with zero attached hydrogens (tertiary/aromatic N) is 2. The highest BCUT2D eigenvalue weighted by molar-refractivity contribution is 9.09. The van der Waals surface area contributed by atoms with Crippen molar-refractivity contribution in [3.63, 3.8) is 0 Å². The van der Waals surface area contributed by atoms with Crippen LogP contribution in [0.1, 0.15) is 100 Å². The molecule has 4 saturated carbocycles. The van der Waals surface area contributed by atoms with Gasteiger partial charge in [0.15, 0.2) is 0 Å². The molecule has 31 heavy (non-hydrogen) atoms. The summed E-state index contributed by atoms with van der Waals surface area (Å²) in [5, 5.41) is 0. The molecule has 6 rings (SSSR count). The molecule has 0 amide bonds. The summed E-state index contributed by atoms with van der Waals surface area (Å²) in [6.07, 6.45) is 16.5. The molecule has 4 aliphatic carbocycles. The van der Waals surface area contributed by atoms with E-state index in [4.69, 9.17) is 8.75 Å². The third kappa shape index (κ3) is 3.77. The van der Waals surface area contributed by atoms with Crippen LogP contribution in [0, 0.1) is 23.7 Å². The number of alkyl halides is 2. The molecule has 0 radical (unpaired) electrons. The van der Waals surface area contributed by atoms with Crippen molar-refractivity contribution < 1.29 is 0 Å². The number of fused-ring (bicyclic) bond motifs is 3. The van der Waals surface area contributed by atoms with Gasteiger partial charge in [0, 0.05) is 9.65 Å². The summed E-state index contributed by atoms with van der Waals surface area (Å²) in [5.74, 6) is 4.72. The van der Waals surface area contributed by atoms with Gasteiger partial charge in [-0.15, -0.1) is 0 Å². The number of benzene rings is 1. The predicted molar refractivity (Wildman–Crippen MR) is 138 cm³/mol. The summed E-state index contributed by atoms with van der Waals surface area (Å²) in [5.41, 5.74) is 5.58. The van der Waals surface area contributed by atoms with E-state index in [0.29, 0.717) is 11.8 Å². The van der Waals surface area contributed by atoms with Crippen molar-refractivity contribution in [3.8, 4) is 0 Å². The minimum Gasteiger partial charge on any atom is -0.173 e. The third-order valence-electron chi connectivity index (χ3n) is 9.48. The first kappa shape index (κ1) is 21.5. The van der Waals surface area contributed by atoms with Crippen LogP contribution < -0.4 is 0 Å². The van der Waals surface area contributed by atoms with Crippen LogP contribution in [0.4, 0.5) is 0 Å². The molecule has 1 heterocycles. The standard InChI is InChI=1S/C26H34Br2N2S/c27-23-11-3-7-15-17(5-1-9-19(15)23)21-13-14-22(26-25(21)29-31-30-26)18-6-2-10-20-16(18)8-4-12-24(20)28/h13-20,23-24H,1-12H2. The van der Waals surface area contributed by atoms with Crippen LogP contribution in [-0.4, -0.2) is 18.4 Å². The molecule has 0 bridgehead atoms. The lowest BCUT2D eigenvalue weighted by molar-refractivity contribution is 0.152. The average Bonchev–Trinajstić information content (AvgIpc) is 3.29. The lowest BCUT2D eigenvalue weighted by atomic mass is 9.62. The van der Waals surface area contributed by atoms with Crippen molar-refractivity contribution in [1.29, 1.82) is 0 Å². The van der Waals surface area contributed by atoms with E-state index in [-0.39, 0.29) is 0 Å². The minimum absolute atomic E-state index is 0.681. The second-order valence-corrected chi connectivity index (χ2v) is 13.7. The lowest BCUT2D eigenvalue weighted by Gasteiger charge is -2.45. The molecule has 1 aromatic heterocycles.